The average molecular weight is 410 g/mol. The molecule has 1 N–H and O–H groups in total. The van der Waals surface area contributed by atoms with Crippen LogP contribution >= 0.6 is 0 Å². The van der Waals surface area contributed by atoms with Gasteiger partial charge in [0, 0.05) is 70.1 Å². The van der Waals surface area contributed by atoms with Crippen molar-refractivity contribution in [2.24, 2.45) is 5.92 Å². The maximum atomic E-state index is 12.8. The van der Waals surface area contributed by atoms with Gasteiger partial charge in [0.05, 0.1) is 5.69 Å². The minimum absolute atomic E-state index is 0.0293. The number of hydrogen-bond donors (Lipinski definition) is 1. The zero-order chi connectivity index (χ0) is 21.1. The van der Waals surface area contributed by atoms with Crippen molar-refractivity contribution in [1.29, 1.82) is 0 Å². The van der Waals surface area contributed by atoms with Gasteiger partial charge in [0.2, 0.25) is 11.8 Å². The molecule has 0 atom stereocenters. The van der Waals surface area contributed by atoms with E-state index in [4.69, 9.17) is 0 Å². The molecule has 0 aromatic carbocycles. The zero-order valence-corrected chi connectivity index (χ0v) is 17.1. The van der Waals surface area contributed by atoms with Crippen molar-refractivity contribution in [3.63, 3.8) is 0 Å². The van der Waals surface area contributed by atoms with E-state index < -0.39 is 0 Å². The first-order valence-corrected chi connectivity index (χ1v) is 10.3. The molecular formula is C21H26N6O3. The average Bonchev–Trinajstić information content (AvgIpc) is 3.29. The fourth-order valence-electron chi connectivity index (χ4n) is 4.10. The minimum atomic E-state index is -0.107. The summed E-state index contributed by atoms with van der Waals surface area (Å²) >= 11 is 0. The van der Waals surface area contributed by atoms with Gasteiger partial charge in [0.1, 0.15) is 5.69 Å². The lowest BCUT2D eigenvalue weighted by atomic mass is 9.95. The van der Waals surface area contributed by atoms with E-state index in [2.05, 4.69) is 15.2 Å². The van der Waals surface area contributed by atoms with Gasteiger partial charge in [-0.05, 0) is 31.0 Å². The van der Waals surface area contributed by atoms with Crippen molar-refractivity contribution in [2.75, 3.05) is 39.3 Å². The molecule has 158 valence electrons. The summed E-state index contributed by atoms with van der Waals surface area (Å²) in [7, 11) is 0. The van der Waals surface area contributed by atoms with Gasteiger partial charge in [-0.25, -0.2) is 0 Å². The Morgan fingerprint density at radius 3 is 2.20 bits per heavy atom. The molecule has 2 aliphatic rings. The third-order valence-corrected chi connectivity index (χ3v) is 5.95. The molecule has 30 heavy (non-hydrogen) atoms. The molecule has 2 aromatic rings. The number of carbonyl (C=O) groups excluding carboxylic acids is 3. The summed E-state index contributed by atoms with van der Waals surface area (Å²) in [5.74, 6) is 0.0776. The first-order chi connectivity index (χ1) is 14.5. The molecule has 4 rings (SSSR count). The molecular weight excluding hydrogens is 384 g/mol. The first kappa shape index (κ1) is 20.1. The van der Waals surface area contributed by atoms with Crippen molar-refractivity contribution in [3.8, 4) is 11.3 Å². The van der Waals surface area contributed by atoms with Crippen LogP contribution in [0.2, 0.25) is 0 Å². The van der Waals surface area contributed by atoms with Crippen LogP contribution in [0.5, 0.6) is 0 Å². The maximum absolute atomic E-state index is 12.8. The fourth-order valence-corrected chi connectivity index (χ4v) is 4.10. The van der Waals surface area contributed by atoms with Gasteiger partial charge in [-0.15, -0.1) is 0 Å². The number of pyridine rings is 1. The summed E-state index contributed by atoms with van der Waals surface area (Å²) < 4.78 is 0. The lowest BCUT2D eigenvalue weighted by Crippen LogP contribution is -2.53. The van der Waals surface area contributed by atoms with Gasteiger partial charge in [-0.1, -0.05) is 0 Å². The molecule has 0 spiro atoms. The van der Waals surface area contributed by atoms with Crippen LogP contribution in [0.15, 0.2) is 30.6 Å². The SMILES string of the molecule is CC(=O)N1CCC(C(=O)N2CCN(C(=O)c3cc(-c4ccncc4)n[nH]3)CC2)CC1. The van der Waals surface area contributed by atoms with E-state index in [0.717, 1.165) is 5.56 Å². The number of rotatable bonds is 3. The van der Waals surface area contributed by atoms with Crippen LogP contribution < -0.4 is 0 Å². The summed E-state index contributed by atoms with van der Waals surface area (Å²) in [5.41, 5.74) is 2.04. The molecule has 2 saturated heterocycles. The number of amides is 3. The molecule has 3 amide bonds. The van der Waals surface area contributed by atoms with Crippen molar-refractivity contribution >= 4 is 17.7 Å². The third-order valence-electron chi connectivity index (χ3n) is 5.95. The molecule has 9 heteroatoms. The highest BCUT2D eigenvalue weighted by molar-refractivity contribution is 5.93. The summed E-state index contributed by atoms with van der Waals surface area (Å²) in [6.45, 7) is 4.92. The second-order valence-electron chi connectivity index (χ2n) is 7.80. The van der Waals surface area contributed by atoms with E-state index in [1.165, 1.54) is 0 Å². The van der Waals surface area contributed by atoms with Gasteiger partial charge in [-0.2, -0.15) is 5.10 Å². The number of piperidine rings is 1. The molecule has 2 aliphatic heterocycles. The monoisotopic (exact) mass is 410 g/mol. The molecule has 2 aromatic heterocycles. The van der Waals surface area contributed by atoms with Crippen molar-refractivity contribution in [3.05, 3.63) is 36.3 Å². The van der Waals surface area contributed by atoms with E-state index in [1.807, 2.05) is 17.0 Å². The smallest absolute Gasteiger partial charge is 0.272 e. The van der Waals surface area contributed by atoms with E-state index >= 15 is 0 Å². The molecule has 9 nitrogen and oxygen atoms in total. The van der Waals surface area contributed by atoms with Crippen molar-refractivity contribution < 1.29 is 14.4 Å². The maximum Gasteiger partial charge on any atom is 0.272 e. The Morgan fingerprint density at radius 2 is 1.57 bits per heavy atom. The van der Waals surface area contributed by atoms with Crippen molar-refractivity contribution in [2.45, 2.75) is 19.8 Å². The molecule has 0 radical (unpaired) electrons. The quantitative estimate of drug-likeness (QED) is 0.814. The number of aromatic amines is 1. The summed E-state index contributed by atoms with van der Waals surface area (Å²) in [4.78, 5) is 46.5. The fraction of sp³-hybridized carbons (Fsp3) is 0.476. The predicted octanol–water partition coefficient (Wildman–Crippen LogP) is 1.01. The Bertz CT molecular complexity index is 912. The highest BCUT2D eigenvalue weighted by Gasteiger charge is 2.32. The number of H-pyrrole nitrogens is 1. The van der Waals surface area contributed by atoms with Crippen LogP contribution in [0.25, 0.3) is 11.3 Å². The lowest BCUT2D eigenvalue weighted by molar-refractivity contribution is -0.141. The standard InChI is InChI=1S/C21H26N6O3/c1-15(28)25-8-4-17(5-9-25)20(29)26-10-12-27(13-11-26)21(30)19-14-18(23-24-19)16-2-6-22-7-3-16/h2-3,6-7,14,17H,4-5,8-13H2,1H3,(H,23,24). The van der Waals surface area contributed by atoms with Gasteiger partial charge < -0.3 is 14.7 Å². The second-order valence-corrected chi connectivity index (χ2v) is 7.80. The molecule has 0 bridgehead atoms. The third kappa shape index (κ3) is 4.19. The topological polar surface area (TPSA) is 102 Å². The van der Waals surface area contributed by atoms with Crippen LogP contribution in [0.1, 0.15) is 30.3 Å². The zero-order valence-electron chi connectivity index (χ0n) is 17.1. The summed E-state index contributed by atoms with van der Waals surface area (Å²) in [6, 6.07) is 5.43. The number of aromatic nitrogens is 3. The number of nitrogens with one attached hydrogen (secondary N) is 1. The second kappa shape index (κ2) is 8.64. The van der Waals surface area contributed by atoms with Crippen LogP contribution in [0, 0.1) is 5.92 Å². The molecule has 4 heterocycles. The van der Waals surface area contributed by atoms with Crippen LogP contribution in [-0.2, 0) is 9.59 Å². The Hall–Kier alpha value is -3.23. The largest absolute Gasteiger partial charge is 0.343 e. The van der Waals surface area contributed by atoms with Crippen molar-refractivity contribution in [1.82, 2.24) is 29.9 Å². The highest BCUT2D eigenvalue weighted by atomic mass is 16.2. The lowest BCUT2D eigenvalue weighted by Gasteiger charge is -2.38. The van der Waals surface area contributed by atoms with Crippen LogP contribution in [0.4, 0.5) is 0 Å². The Kier molecular flexibility index (Phi) is 5.78. The van der Waals surface area contributed by atoms with Gasteiger partial charge in [-0.3, -0.25) is 24.5 Å². The molecule has 2 fully saturated rings. The van der Waals surface area contributed by atoms with Gasteiger partial charge in [0.15, 0.2) is 0 Å². The number of nitrogens with zero attached hydrogens (tertiary/aromatic N) is 5. The van der Waals surface area contributed by atoms with Gasteiger partial charge >= 0.3 is 0 Å². The van der Waals surface area contributed by atoms with E-state index in [-0.39, 0.29) is 23.6 Å². The number of piperazine rings is 1. The van der Waals surface area contributed by atoms with E-state index in [0.29, 0.717) is 63.5 Å². The highest BCUT2D eigenvalue weighted by Crippen LogP contribution is 2.21. The Balaban J connectivity index is 1.30. The normalized spacial score (nSPS) is 17.8. The first-order valence-electron chi connectivity index (χ1n) is 10.3. The molecule has 0 unspecified atom stereocenters. The number of hydrogen-bond acceptors (Lipinski definition) is 5. The predicted molar refractivity (Wildman–Crippen MR) is 109 cm³/mol. The van der Waals surface area contributed by atoms with E-state index in [1.54, 1.807) is 35.2 Å². The van der Waals surface area contributed by atoms with Crippen LogP contribution in [0.3, 0.4) is 0 Å². The molecule has 0 saturated carbocycles. The van der Waals surface area contributed by atoms with Gasteiger partial charge in [0.25, 0.3) is 5.91 Å². The number of carbonyl (C=O) groups is 3. The minimum Gasteiger partial charge on any atom is -0.343 e. The summed E-state index contributed by atoms with van der Waals surface area (Å²) in [6.07, 6.45) is 4.80. The number of likely N-dealkylation sites (tertiary alicyclic amines) is 1. The van der Waals surface area contributed by atoms with E-state index in [9.17, 15) is 14.4 Å². The Morgan fingerprint density at radius 1 is 0.933 bits per heavy atom. The molecule has 0 aliphatic carbocycles. The Labute approximate surface area is 175 Å². The summed E-state index contributed by atoms with van der Waals surface area (Å²) in [5, 5.41) is 7.06. The van der Waals surface area contributed by atoms with Crippen LogP contribution in [-0.4, -0.2) is 86.9 Å².